The van der Waals surface area contributed by atoms with Crippen LogP contribution in [0.15, 0.2) is 33.7 Å². The zero-order valence-electron chi connectivity index (χ0n) is 15.6. The lowest BCUT2D eigenvalue weighted by atomic mass is 9.99. The zero-order valence-corrected chi connectivity index (χ0v) is 16.4. The molecule has 2 aliphatic rings. The van der Waals surface area contributed by atoms with Gasteiger partial charge in [-0.2, -0.15) is 9.29 Å². The minimum absolute atomic E-state index is 0.0156. The van der Waals surface area contributed by atoms with E-state index in [-0.39, 0.29) is 10.9 Å². The molecule has 1 aliphatic heterocycles. The first-order valence-electron chi connectivity index (χ1n) is 9.65. The molecule has 8 heteroatoms. The van der Waals surface area contributed by atoms with Gasteiger partial charge in [0.05, 0.1) is 10.4 Å². The molecule has 4 rings (SSSR count). The third kappa shape index (κ3) is 3.41. The topological polar surface area (TPSA) is 102 Å². The summed E-state index contributed by atoms with van der Waals surface area (Å²) in [6.45, 7) is 2.53. The lowest BCUT2D eigenvalue weighted by molar-refractivity contribution is 0.268. The Morgan fingerprint density at radius 3 is 2.74 bits per heavy atom. The molecule has 0 radical (unpaired) electrons. The number of aromatic nitrogens is 2. The highest BCUT2D eigenvalue weighted by atomic mass is 32.2. The highest BCUT2D eigenvalue weighted by Crippen LogP contribution is 2.35. The van der Waals surface area contributed by atoms with Crippen LogP contribution >= 0.6 is 0 Å². The summed E-state index contributed by atoms with van der Waals surface area (Å²) in [5.74, 6) is 0.818. The van der Waals surface area contributed by atoms with E-state index in [1.807, 2.05) is 6.92 Å². The van der Waals surface area contributed by atoms with Crippen molar-refractivity contribution in [3.8, 4) is 11.5 Å². The fourth-order valence-electron chi connectivity index (χ4n) is 4.13. The number of piperidine rings is 1. The van der Waals surface area contributed by atoms with Gasteiger partial charge < -0.3 is 10.3 Å². The second-order valence-corrected chi connectivity index (χ2v) is 9.67. The van der Waals surface area contributed by atoms with Crippen LogP contribution in [0, 0.1) is 0 Å². The van der Waals surface area contributed by atoms with Crippen molar-refractivity contribution in [3.05, 3.63) is 30.1 Å². The second-order valence-electron chi connectivity index (χ2n) is 7.77. The smallest absolute Gasteiger partial charge is 0.258 e. The number of hydrogen-bond donors (Lipinski definition) is 1. The van der Waals surface area contributed by atoms with Crippen LogP contribution in [-0.2, 0) is 15.6 Å². The van der Waals surface area contributed by atoms with Crippen molar-refractivity contribution in [1.29, 1.82) is 0 Å². The summed E-state index contributed by atoms with van der Waals surface area (Å²) < 4.78 is 33.2. The maximum absolute atomic E-state index is 13.1. The van der Waals surface area contributed by atoms with Crippen molar-refractivity contribution >= 4 is 10.0 Å². The molecular weight excluding hydrogens is 364 g/mol. The quantitative estimate of drug-likeness (QED) is 0.861. The monoisotopic (exact) mass is 390 g/mol. The summed E-state index contributed by atoms with van der Waals surface area (Å²) in [6.07, 6.45) is 6.66. The molecule has 1 unspecified atom stereocenters. The summed E-state index contributed by atoms with van der Waals surface area (Å²) in [7, 11) is -3.54. The summed E-state index contributed by atoms with van der Waals surface area (Å²) in [5, 5.41) is 4.07. The predicted molar refractivity (Wildman–Crippen MR) is 101 cm³/mol. The maximum Gasteiger partial charge on any atom is 0.258 e. The number of nitrogens with two attached hydrogens (primary N) is 1. The molecule has 2 N–H and O–H groups in total. The van der Waals surface area contributed by atoms with E-state index in [4.69, 9.17) is 10.3 Å². The lowest BCUT2D eigenvalue weighted by Crippen LogP contribution is -2.41. The van der Waals surface area contributed by atoms with Crippen LogP contribution in [0.5, 0.6) is 0 Å². The Kier molecular flexibility index (Phi) is 4.82. The molecule has 1 saturated carbocycles. The van der Waals surface area contributed by atoms with Crippen LogP contribution in [0.1, 0.15) is 57.7 Å². The van der Waals surface area contributed by atoms with E-state index in [2.05, 4.69) is 10.1 Å². The molecular formula is C19H26N4O3S. The van der Waals surface area contributed by atoms with Gasteiger partial charge in [0.2, 0.25) is 10.0 Å². The van der Waals surface area contributed by atoms with Crippen LogP contribution < -0.4 is 5.73 Å². The molecule has 1 aliphatic carbocycles. The molecule has 146 valence electrons. The molecule has 0 bridgehead atoms. The van der Waals surface area contributed by atoms with Gasteiger partial charge in [0.15, 0.2) is 5.82 Å². The average Bonchev–Trinajstić information content (AvgIpc) is 3.32. The Hall–Kier alpha value is -1.77. The van der Waals surface area contributed by atoms with Gasteiger partial charge in [-0.25, -0.2) is 8.42 Å². The van der Waals surface area contributed by atoms with Crippen molar-refractivity contribution in [1.82, 2.24) is 14.4 Å². The largest absolute Gasteiger partial charge is 0.334 e. The first-order valence-corrected chi connectivity index (χ1v) is 11.1. The minimum Gasteiger partial charge on any atom is -0.334 e. The Morgan fingerprint density at radius 2 is 2.00 bits per heavy atom. The molecule has 2 heterocycles. The molecule has 1 saturated heterocycles. The Morgan fingerprint density at radius 1 is 1.22 bits per heavy atom. The number of sulfonamides is 1. The predicted octanol–water partition coefficient (Wildman–Crippen LogP) is 3.03. The summed E-state index contributed by atoms with van der Waals surface area (Å²) in [6, 6.07) is 6.76. The van der Waals surface area contributed by atoms with Gasteiger partial charge in [0, 0.05) is 18.2 Å². The Bertz CT molecular complexity index is 919. The zero-order chi connectivity index (χ0) is 19.1. The van der Waals surface area contributed by atoms with Gasteiger partial charge in [0.1, 0.15) is 0 Å². The van der Waals surface area contributed by atoms with E-state index in [9.17, 15) is 8.42 Å². The first-order chi connectivity index (χ1) is 12.9. The third-order valence-electron chi connectivity index (χ3n) is 5.80. The van der Waals surface area contributed by atoms with E-state index in [1.165, 1.54) is 0 Å². The molecule has 27 heavy (non-hydrogen) atoms. The van der Waals surface area contributed by atoms with E-state index in [1.54, 1.807) is 28.6 Å². The number of rotatable bonds is 4. The molecule has 2 fully saturated rings. The third-order valence-corrected chi connectivity index (χ3v) is 7.81. The molecule has 2 aromatic rings. The van der Waals surface area contributed by atoms with Crippen LogP contribution in [0.3, 0.4) is 0 Å². The molecule has 1 atom stereocenters. The van der Waals surface area contributed by atoms with Crippen LogP contribution in [0.25, 0.3) is 11.5 Å². The highest BCUT2D eigenvalue weighted by molar-refractivity contribution is 7.89. The maximum atomic E-state index is 13.1. The van der Waals surface area contributed by atoms with E-state index >= 15 is 0 Å². The Balaban J connectivity index is 1.64. The first kappa shape index (κ1) is 18.6. The van der Waals surface area contributed by atoms with Crippen molar-refractivity contribution in [3.63, 3.8) is 0 Å². The molecule has 1 aromatic carbocycles. The van der Waals surface area contributed by atoms with Crippen molar-refractivity contribution in [2.24, 2.45) is 5.73 Å². The van der Waals surface area contributed by atoms with Crippen LogP contribution in [-0.4, -0.2) is 35.5 Å². The van der Waals surface area contributed by atoms with Gasteiger partial charge in [-0.1, -0.05) is 30.5 Å². The molecule has 1 aromatic heterocycles. The SMILES string of the molecule is CC1CCCCN1S(=O)(=O)c1cccc(-c2nc(C3(N)CCCC3)no2)c1. The highest BCUT2D eigenvalue weighted by Gasteiger charge is 2.36. The van der Waals surface area contributed by atoms with E-state index in [0.717, 1.165) is 44.9 Å². The molecule has 0 spiro atoms. The van der Waals surface area contributed by atoms with E-state index in [0.29, 0.717) is 23.8 Å². The average molecular weight is 391 g/mol. The number of benzene rings is 1. The number of nitrogens with zero attached hydrogens (tertiary/aromatic N) is 3. The van der Waals surface area contributed by atoms with Crippen LogP contribution in [0.2, 0.25) is 0 Å². The normalized spacial score (nSPS) is 23.6. The van der Waals surface area contributed by atoms with Crippen LogP contribution in [0.4, 0.5) is 0 Å². The summed E-state index contributed by atoms with van der Waals surface area (Å²) >= 11 is 0. The Labute approximate surface area is 160 Å². The van der Waals surface area contributed by atoms with Gasteiger partial charge in [-0.05, 0) is 50.8 Å². The molecule has 7 nitrogen and oxygen atoms in total. The number of hydrogen-bond acceptors (Lipinski definition) is 6. The fraction of sp³-hybridized carbons (Fsp3) is 0.579. The standard InChI is InChI=1S/C19H26N4O3S/c1-14-7-2-5-12-23(14)27(24,25)16-9-6-8-15(13-16)17-21-18(22-26-17)19(20)10-3-4-11-19/h6,8-9,13-14H,2-5,7,10-12,20H2,1H3. The summed E-state index contributed by atoms with van der Waals surface area (Å²) in [4.78, 5) is 4.73. The van der Waals surface area contributed by atoms with Crippen molar-refractivity contribution in [2.45, 2.75) is 68.3 Å². The van der Waals surface area contributed by atoms with Gasteiger partial charge in [0.25, 0.3) is 5.89 Å². The second kappa shape index (κ2) is 7.00. The van der Waals surface area contributed by atoms with Crippen molar-refractivity contribution in [2.75, 3.05) is 6.54 Å². The van der Waals surface area contributed by atoms with Gasteiger partial charge in [-0.15, -0.1) is 0 Å². The van der Waals surface area contributed by atoms with Crippen molar-refractivity contribution < 1.29 is 12.9 Å². The van der Waals surface area contributed by atoms with Gasteiger partial charge >= 0.3 is 0 Å². The lowest BCUT2D eigenvalue weighted by Gasteiger charge is -2.32. The molecule has 0 amide bonds. The summed E-state index contributed by atoms with van der Waals surface area (Å²) in [5.41, 5.74) is 6.46. The van der Waals surface area contributed by atoms with E-state index < -0.39 is 15.6 Å². The minimum atomic E-state index is -3.54. The fourth-order valence-corrected chi connectivity index (χ4v) is 5.87. The van der Waals surface area contributed by atoms with Gasteiger partial charge in [-0.3, -0.25) is 0 Å².